The second-order valence-electron chi connectivity index (χ2n) is 4.54. The van der Waals surface area contributed by atoms with Crippen molar-refractivity contribution < 1.29 is 22.0 Å². The van der Waals surface area contributed by atoms with Gasteiger partial charge >= 0.3 is 6.18 Å². The van der Waals surface area contributed by atoms with E-state index in [2.05, 4.69) is 0 Å². The third kappa shape index (κ3) is 3.07. The molecule has 0 saturated carbocycles. The lowest BCUT2D eigenvalue weighted by molar-refractivity contribution is -0.141. The van der Waals surface area contributed by atoms with Crippen molar-refractivity contribution in [2.45, 2.75) is 12.1 Å². The lowest BCUT2D eigenvalue weighted by Gasteiger charge is -2.22. The number of anilines is 2. The average Bonchev–Trinajstić information content (AvgIpc) is 2.37. The Bertz CT molecular complexity index is 615. The summed E-state index contributed by atoms with van der Waals surface area (Å²) in [6.45, 7) is 0. The number of nitrogens with two attached hydrogens (primary N) is 2. The fourth-order valence-electron chi connectivity index (χ4n) is 2.02. The number of halogens is 5. The molecule has 2 aromatic rings. The normalized spacial score (nSPS) is 11.9. The Kier molecular flexibility index (Phi) is 3.76. The Morgan fingerprint density at radius 2 is 1.14 bits per heavy atom. The molecule has 0 aliphatic rings. The lowest BCUT2D eigenvalue weighted by atomic mass is 9.90. The van der Waals surface area contributed by atoms with Crippen LogP contribution in [0, 0.1) is 11.6 Å². The molecule has 0 saturated heterocycles. The summed E-state index contributed by atoms with van der Waals surface area (Å²) in [6.07, 6.45) is -4.72. The van der Waals surface area contributed by atoms with E-state index in [4.69, 9.17) is 11.5 Å². The molecule has 4 N–H and O–H groups in total. The summed E-state index contributed by atoms with van der Waals surface area (Å²) >= 11 is 0. The maximum atomic E-state index is 13.4. The maximum absolute atomic E-state index is 13.4. The zero-order chi connectivity index (χ0) is 15.8. The van der Waals surface area contributed by atoms with E-state index < -0.39 is 23.7 Å². The molecule has 0 heterocycles. The van der Waals surface area contributed by atoms with Crippen molar-refractivity contribution >= 4 is 11.4 Å². The van der Waals surface area contributed by atoms with Gasteiger partial charge in [-0.05, 0) is 35.4 Å². The van der Waals surface area contributed by atoms with E-state index in [1.807, 2.05) is 0 Å². The minimum absolute atomic E-state index is 0.261. The molecular formula is C14H11F5N2. The van der Waals surface area contributed by atoms with Crippen LogP contribution in [-0.2, 0) is 0 Å². The summed E-state index contributed by atoms with van der Waals surface area (Å²) in [5.74, 6) is -4.09. The number of rotatable bonds is 2. The number of benzene rings is 2. The topological polar surface area (TPSA) is 52.0 Å². The van der Waals surface area contributed by atoms with Crippen LogP contribution in [0.5, 0.6) is 0 Å². The minimum Gasteiger partial charge on any atom is -0.396 e. The van der Waals surface area contributed by atoms with Crippen molar-refractivity contribution in [1.29, 1.82) is 0 Å². The SMILES string of the molecule is Nc1ccc(C(c2ccc(N)c(F)c2)C(F)(F)F)cc1F. The molecule has 21 heavy (non-hydrogen) atoms. The van der Waals surface area contributed by atoms with Crippen LogP contribution in [-0.4, -0.2) is 6.18 Å². The summed E-state index contributed by atoms with van der Waals surface area (Å²) in [5.41, 5.74) is 9.25. The molecule has 0 fully saturated rings. The van der Waals surface area contributed by atoms with Crippen LogP contribution in [0.1, 0.15) is 17.0 Å². The Morgan fingerprint density at radius 3 is 1.43 bits per heavy atom. The second kappa shape index (κ2) is 5.23. The predicted molar refractivity (Wildman–Crippen MR) is 69.5 cm³/mol. The third-order valence-corrected chi connectivity index (χ3v) is 3.04. The third-order valence-electron chi connectivity index (χ3n) is 3.04. The van der Waals surface area contributed by atoms with Crippen LogP contribution in [0.25, 0.3) is 0 Å². The quantitative estimate of drug-likeness (QED) is 0.654. The van der Waals surface area contributed by atoms with Crippen LogP contribution < -0.4 is 11.5 Å². The van der Waals surface area contributed by atoms with Crippen LogP contribution >= 0.6 is 0 Å². The Hall–Kier alpha value is -2.31. The van der Waals surface area contributed by atoms with Gasteiger partial charge in [0.1, 0.15) is 17.6 Å². The number of hydrogen-bond acceptors (Lipinski definition) is 2. The minimum atomic E-state index is -4.72. The fourth-order valence-corrected chi connectivity index (χ4v) is 2.02. The summed E-state index contributed by atoms with van der Waals surface area (Å²) in [7, 11) is 0. The molecule has 0 unspecified atom stereocenters. The zero-order valence-electron chi connectivity index (χ0n) is 10.6. The first-order valence-corrected chi connectivity index (χ1v) is 5.86. The van der Waals surface area contributed by atoms with E-state index in [1.54, 1.807) is 0 Å². The first-order valence-electron chi connectivity index (χ1n) is 5.86. The van der Waals surface area contributed by atoms with Crippen LogP contribution in [0.15, 0.2) is 36.4 Å². The van der Waals surface area contributed by atoms with Crippen molar-refractivity contribution in [3.8, 4) is 0 Å². The average molecular weight is 302 g/mol. The van der Waals surface area contributed by atoms with Gasteiger partial charge in [0.25, 0.3) is 0 Å². The standard InChI is InChI=1S/C14H11F5N2/c15-9-5-7(1-3-11(9)20)13(14(17,18)19)8-2-4-12(21)10(16)6-8/h1-6,13H,20-21H2. The highest BCUT2D eigenvalue weighted by atomic mass is 19.4. The van der Waals surface area contributed by atoms with E-state index in [0.29, 0.717) is 12.1 Å². The molecule has 0 aromatic heterocycles. The first kappa shape index (κ1) is 15.1. The van der Waals surface area contributed by atoms with Gasteiger partial charge in [-0.25, -0.2) is 8.78 Å². The molecule has 2 aromatic carbocycles. The van der Waals surface area contributed by atoms with Gasteiger partial charge in [-0.2, -0.15) is 13.2 Å². The number of hydrogen-bond donors (Lipinski definition) is 2. The van der Waals surface area contributed by atoms with Crippen molar-refractivity contribution in [3.05, 3.63) is 59.2 Å². The van der Waals surface area contributed by atoms with Gasteiger partial charge in [0.15, 0.2) is 0 Å². The van der Waals surface area contributed by atoms with Crippen LogP contribution in [0.2, 0.25) is 0 Å². The predicted octanol–water partition coefficient (Wildman–Crippen LogP) is 3.82. The highest BCUT2D eigenvalue weighted by Crippen LogP contribution is 2.41. The molecule has 7 heteroatoms. The molecule has 0 atom stereocenters. The summed E-state index contributed by atoms with van der Waals surface area (Å²) in [5, 5.41) is 0. The van der Waals surface area contributed by atoms with Crippen molar-refractivity contribution in [2.75, 3.05) is 11.5 Å². The largest absolute Gasteiger partial charge is 0.399 e. The highest BCUT2D eigenvalue weighted by Gasteiger charge is 2.42. The molecule has 0 aliphatic heterocycles. The van der Waals surface area contributed by atoms with E-state index in [9.17, 15) is 22.0 Å². The fraction of sp³-hybridized carbons (Fsp3) is 0.143. The molecule has 0 amide bonds. The van der Waals surface area contributed by atoms with Gasteiger partial charge < -0.3 is 11.5 Å². The Labute approximate surface area is 117 Å². The zero-order valence-corrected chi connectivity index (χ0v) is 10.6. The Morgan fingerprint density at radius 1 is 0.762 bits per heavy atom. The van der Waals surface area contributed by atoms with Gasteiger partial charge in [0.2, 0.25) is 0 Å². The van der Waals surface area contributed by atoms with Gasteiger partial charge in [-0.1, -0.05) is 12.1 Å². The Balaban J connectivity index is 2.58. The summed E-state index contributed by atoms with van der Waals surface area (Å²) in [6, 6.07) is 5.59. The molecular weight excluding hydrogens is 291 g/mol. The first-order chi connectivity index (χ1) is 9.70. The number of nitrogen functional groups attached to an aromatic ring is 2. The second-order valence-corrected chi connectivity index (χ2v) is 4.54. The molecule has 0 bridgehead atoms. The van der Waals surface area contributed by atoms with E-state index in [0.717, 1.165) is 24.3 Å². The van der Waals surface area contributed by atoms with Crippen LogP contribution in [0.4, 0.5) is 33.3 Å². The number of alkyl halides is 3. The maximum Gasteiger partial charge on any atom is 0.399 e. The molecule has 2 nitrogen and oxygen atoms in total. The molecule has 0 spiro atoms. The molecule has 0 aliphatic carbocycles. The van der Waals surface area contributed by atoms with E-state index in [-0.39, 0.29) is 22.5 Å². The van der Waals surface area contributed by atoms with E-state index >= 15 is 0 Å². The van der Waals surface area contributed by atoms with Crippen molar-refractivity contribution in [2.24, 2.45) is 0 Å². The van der Waals surface area contributed by atoms with Gasteiger partial charge in [-0.15, -0.1) is 0 Å². The molecule has 2 rings (SSSR count). The summed E-state index contributed by atoms with van der Waals surface area (Å²) < 4.78 is 66.5. The van der Waals surface area contributed by atoms with Crippen molar-refractivity contribution in [3.63, 3.8) is 0 Å². The highest BCUT2D eigenvalue weighted by molar-refractivity contribution is 5.47. The van der Waals surface area contributed by atoms with Gasteiger partial charge in [-0.3, -0.25) is 0 Å². The van der Waals surface area contributed by atoms with Crippen LogP contribution in [0.3, 0.4) is 0 Å². The lowest BCUT2D eigenvalue weighted by Crippen LogP contribution is -2.22. The van der Waals surface area contributed by atoms with Gasteiger partial charge in [0.05, 0.1) is 11.4 Å². The van der Waals surface area contributed by atoms with Crippen molar-refractivity contribution in [1.82, 2.24) is 0 Å². The van der Waals surface area contributed by atoms with Gasteiger partial charge in [0, 0.05) is 0 Å². The molecule has 112 valence electrons. The smallest absolute Gasteiger partial charge is 0.396 e. The van der Waals surface area contributed by atoms with E-state index in [1.165, 1.54) is 0 Å². The summed E-state index contributed by atoms with van der Waals surface area (Å²) in [4.78, 5) is 0. The molecule has 0 radical (unpaired) electrons. The monoisotopic (exact) mass is 302 g/mol.